The summed E-state index contributed by atoms with van der Waals surface area (Å²) >= 11 is 0. The molecule has 0 aliphatic carbocycles. The summed E-state index contributed by atoms with van der Waals surface area (Å²) in [6, 6.07) is -0.280. The van der Waals surface area contributed by atoms with Crippen molar-refractivity contribution >= 4 is 9.84 Å². The van der Waals surface area contributed by atoms with Gasteiger partial charge in [0, 0.05) is 19.8 Å². The Morgan fingerprint density at radius 1 is 1.50 bits per heavy atom. The molecular weight excluding hydrogens is 178 g/mol. The van der Waals surface area contributed by atoms with Gasteiger partial charge in [-0.2, -0.15) is 0 Å². The Morgan fingerprint density at radius 2 is 2.08 bits per heavy atom. The Kier molecular flexibility index (Phi) is 5.44. The summed E-state index contributed by atoms with van der Waals surface area (Å²) in [6.07, 6.45) is 0.547. The molecule has 0 amide bonds. The van der Waals surface area contributed by atoms with Crippen molar-refractivity contribution in [3.05, 3.63) is 0 Å². The predicted molar refractivity (Wildman–Crippen MR) is 48.8 cm³/mol. The molecular formula is C7H17NO3S. The molecule has 2 N–H and O–H groups in total. The Labute approximate surface area is 74.0 Å². The predicted octanol–water partition coefficient (Wildman–Crippen LogP) is -0.215. The second-order valence-electron chi connectivity index (χ2n) is 2.94. The van der Waals surface area contributed by atoms with Crippen molar-refractivity contribution in [2.45, 2.75) is 19.4 Å². The molecule has 4 nitrogen and oxygen atoms in total. The van der Waals surface area contributed by atoms with Crippen LogP contribution in [0.4, 0.5) is 0 Å². The third-order valence-corrected chi connectivity index (χ3v) is 3.26. The standard InChI is InChI=1S/C7H17NO3S/c1-7(8)6-12(9,10)5-3-4-11-2/h7H,3-6,8H2,1-2H3. The van der Waals surface area contributed by atoms with Crippen LogP contribution in [0.2, 0.25) is 0 Å². The average Bonchev–Trinajstić information content (AvgIpc) is 1.84. The Hall–Kier alpha value is -0.130. The van der Waals surface area contributed by atoms with E-state index in [2.05, 4.69) is 0 Å². The number of methoxy groups -OCH3 is 1. The zero-order valence-corrected chi connectivity index (χ0v) is 8.43. The molecule has 0 aromatic carbocycles. The van der Waals surface area contributed by atoms with E-state index in [1.165, 1.54) is 0 Å². The van der Waals surface area contributed by atoms with Crippen LogP contribution in [0.5, 0.6) is 0 Å². The summed E-state index contributed by atoms with van der Waals surface area (Å²) in [6.45, 7) is 2.17. The van der Waals surface area contributed by atoms with E-state index in [1.54, 1.807) is 14.0 Å². The summed E-state index contributed by atoms with van der Waals surface area (Å²) in [5.41, 5.74) is 5.37. The van der Waals surface area contributed by atoms with Gasteiger partial charge in [0.1, 0.15) is 0 Å². The Balaban J connectivity index is 3.73. The van der Waals surface area contributed by atoms with E-state index in [1.807, 2.05) is 0 Å². The summed E-state index contributed by atoms with van der Waals surface area (Å²) in [4.78, 5) is 0. The largest absolute Gasteiger partial charge is 0.385 e. The highest BCUT2D eigenvalue weighted by molar-refractivity contribution is 7.91. The van der Waals surface area contributed by atoms with E-state index < -0.39 is 9.84 Å². The molecule has 1 unspecified atom stereocenters. The minimum atomic E-state index is -2.96. The lowest BCUT2D eigenvalue weighted by atomic mass is 10.4. The van der Waals surface area contributed by atoms with Crippen molar-refractivity contribution < 1.29 is 13.2 Å². The van der Waals surface area contributed by atoms with Gasteiger partial charge >= 0.3 is 0 Å². The van der Waals surface area contributed by atoms with Crippen molar-refractivity contribution in [2.24, 2.45) is 5.73 Å². The van der Waals surface area contributed by atoms with E-state index >= 15 is 0 Å². The summed E-state index contributed by atoms with van der Waals surface area (Å²) in [7, 11) is -1.40. The fourth-order valence-electron chi connectivity index (χ4n) is 0.907. The molecule has 0 saturated carbocycles. The molecule has 0 fully saturated rings. The first-order valence-electron chi connectivity index (χ1n) is 3.93. The zero-order chi connectivity index (χ0) is 9.61. The van der Waals surface area contributed by atoms with E-state index in [0.29, 0.717) is 13.0 Å². The number of rotatable bonds is 6. The van der Waals surface area contributed by atoms with Crippen LogP contribution in [-0.2, 0) is 14.6 Å². The van der Waals surface area contributed by atoms with Crippen molar-refractivity contribution in [1.29, 1.82) is 0 Å². The minimum Gasteiger partial charge on any atom is -0.385 e. The molecule has 0 aliphatic heterocycles. The third-order valence-electron chi connectivity index (χ3n) is 1.32. The molecule has 0 aliphatic rings. The van der Waals surface area contributed by atoms with Crippen LogP contribution in [-0.4, -0.2) is 39.7 Å². The maximum atomic E-state index is 11.2. The van der Waals surface area contributed by atoms with Crippen LogP contribution in [0.1, 0.15) is 13.3 Å². The molecule has 1 atom stereocenters. The van der Waals surface area contributed by atoms with Gasteiger partial charge < -0.3 is 10.5 Å². The highest BCUT2D eigenvalue weighted by Crippen LogP contribution is 1.96. The van der Waals surface area contributed by atoms with E-state index in [-0.39, 0.29) is 17.5 Å². The molecule has 12 heavy (non-hydrogen) atoms. The van der Waals surface area contributed by atoms with Gasteiger partial charge in [0.05, 0.1) is 11.5 Å². The second kappa shape index (κ2) is 5.50. The first kappa shape index (κ1) is 11.9. The molecule has 0 aromatic rings. The van der Waals surface area contributed by atoms with Crippen molar-refractivity contribution in [3.8, 4) is 0 Å². The third kappa shape index (κ3) is 6.57. The number of hydrogen-bond donors (Lipinski definition) is 1. The summed E-state index contributed by atoms with van der Waals surface area (Å²) in [5, 5.41) is 0. The summed E-state index contributed by atoms with van der Waals surface area (Å²) in [5.74, 6) is 0.235. The number of hydrogen-bond acceptors (Lipinski definition) is 4. The fourth-order valence-corrected chi connectivity index (χ4v) is 2.43. The van der Waals surface area contributed by atoms with Gasteiger partial charge in [-0.25, -0.2) is 8.42 Å². The van der Waals surface area contributed by atoms with Crippen LogP contribution in [0.25, 0.3) is 0 Å². The molecule has 0 saturated heterocycles. The van der Waals surface area contributed by atoms with Gasteiger partial charge in [-0.05, 0) is 13.3 Å². The lowest BCUT2D eigenvalue weighted by molar-refractivity contribution is 0.199. The highest BCUT2D eigenvalue weighted by Gasteiger charge is 2.12. The van der Waals surface area contributed by atoms with Gasteiger partial charge in [0.25, 0.3) is 0 Å². The first-order valence-corrected chi connectivity index (χ1v) is 5.75. The SMILES string of the molecule is COCCCS(=O)(=O)CC(C)N. The number of sulfone groups is 1. The van der Waals surface area contributed by atoms with Crippen molar-refractivity contribution in [3.63, 3.8) is 0 Å². The molecule has 0 rings (SSSR count). The number of ether oxygens (including phenoxy) is 1. The Bertz CT molecular complexity index is 199. The van der Waals surface area contributed by atoms with E-state index in [4.69, 9.17) is 10.5 Å². The van der Waals surface area contributed by atoms with Crippen LogP contribution < -0.4 is 5.73 Å². The topological polar surface area (TPSA) is 69.4 Å². The second-order valence-corrected chi connectivity index (χ2v) is 5.17. The molecule has 0 heterocycles. The quantitative estimate of drug-likeness (QED) is 0.595. The van der Waals surface area contributed by atoms with Gasteiger partial charge in [-0.15, -0.1) is 0 Å². The van der Waals surface area contributed by atoms with E-state index in [9.17, 15) is 8.42 Å². The summed E-state index contributed by atoms with van der Waals surface area (Å²) < 4.78 is 27.1. The maximum absolute atomic E-state index is 11.2. The lowest BCUT2D eigenvalue weighted by Gasteiger charge is -2.05. The highest BCUT2D eigenvalue weighted by atomic mass is 32.2. The smallest absolute Gasteiger partial charge is 0.151 e. The zero-order valence-electron chi connectivity index (χ0n) is 7.62. The van der Waals surface area contributed by atoms with Crippen LogP contribution in [0.15, 0.2) is 0 Å². The molecule has 5 heteroatoms. The van der Waals surface area contributed by atoms with E-state index in [0.717, 1.165) is 0 Å². The normalized spacial score (nSPS) is 14.6. The average molecular weight is 195 g/mol. The molecule has 74 valence electrons. The first-order chi connectivity index (χ1) is 5.48. The van der Waals surface area contributed by atoms with Gasteiger partial charge in [-0.1, -0.05) is 0 Å². The lowest BCUT2D eigenvalue weighted by Crippen LogP contribution is -2.28. The van der Waals surface area contributed by atoms with Gasteiger partial charge in [-0.3, -0.25) is 0 Å². The molecule has 0 spiro atoms. The minimum absolute atomic E-state index is 0.0662. The van der Waals surface area contributed by atoms with Crippen LogP contribution in [0.3, 0.4) is 0 Å². The van der Waals surface area contributed by atoms with Crippen molar-refractivity contribution in [2.75, 3.05) is 25.2 Å². The van der Waals surface area contributed by atoms with Gasteiger partial charge in [0.15, 0.2) is 9.84 Å². The fraction of sp³-hybridized carbons (Fsp3) is 1.00. The molecule has 0 radical (unpaired) electrons. The van der Waals surface area contributed by atoms with Crippen molar-refractivity contribution in [1.82, 2.24) is 0 Å². The monoisotopic (exact) mass is 195 g/mol. The van der Waals surface area contributed by atoms with Gasteiger partial charge in [0.2, 0.25) is 0 Å². The molecule has 0 aromatic heterocycles. The maximum Gasteiger partial charge on any atom is 0.151 e. The Morgan fingerprint density at radius 3 is 2.50 bits per heavy atom. The van der Waals surface area contributed by atoms with Crippen LogP contribution in [0, 0.1) is 0 Å². The van der Waals surface area contributed by atoms with Crippen LogP contribution >= 0.6 is 0 Å². The number of nitrogens with two attached hydrogens (primary N) is 1. The molecule has 0 bridgehead atoms.